The van der Waals surface area contributed by atoms with E-state index in [9.17, 15) is 0 Å². The Morgan fingerprint density at radius 1 is 0.833 bits per heavy atom. The minimum atomic E-state index is 0.401. The van der Waals surface area contributed by atoms with E-state index in [1.807, 2.05) is 42.5 Å². The number of hydrogen-bond acceptors (Lipinski definition) is 4. The van der Waals surface area contributed by atoms with Crippen molar-refractivity contribution in [3.05, 3.63) is 53.6 Å². The van der Waals surface area contributed by atoms with Crippen LogP contribution in [-0.2, 0) is 0 Å². The quantitative estimate of drug-likeness (QED) is 0.832. The molecule has 0 radical (unpaired) electrons. The van der Waals surface area contributed by atoms with Crippen molar-refractivity contribution in [3.63, 3.8) is 0 Å². The van der Waals surface area contributed by atoms with Gasteiger partial charge in [0.25, 0.3) is 0 Å². The Labute approximate surface area is 109 Å². The number of nitriles is 2. The van der Waals surface area contributed by atoms with Gasteiger partial charge in [0.2, 0.25) is 0 Å². The van der Waals surface area contributed by atoms with Crippen LogP contribution in [0.15, 0.2) is 52.3 Å². The van der Waals surface area contributed by atoms with Crippen LogP contribution in [0.2, 0.25) is 0 Å². The second kappa shape index (κ2) is 5.27. The highest BCUT2D eigenvalue weighted by Crippen LogP contribution is 2.29. The van der Waals surface area contributed by atoms with Crippen molar-refractivity contribution in [1.29, 1.82) is 10.5 Å². The van der Waals surface area contributed by atoms with E-state index in [-0.39, 0.29) is 0 Å². The van der Waals surface area contributed by atoms with Gasteiger partial charge in [0.15, 0.2) is 0 Å². The molecule has 0 aliphatic heterocycles. The molecule has 0 aliphatic rings. The molecule has 0 saturated carbocycles. The van der Waals surface area contributed by atoms with Gasteiger partial charge in [0.1, 0.15) is 12.1 Å². The fraction of sp³-hybridized carbons (Fsp3) is 0. The summed E-state index contributed by atoms with van der Waals surface area (Å²) in [7, 11) is 0. The second-order valence-electron chi connectivity index (χ2n) is 3.60. The maximum absolute atomic E-state index is 8.95. The number of anilines is 1. The lowest BCUT2D eigenvalue weighted by Crippen LogP contribution is -1.85. The van der Waals surface area contributed by atoms with E-state index in [0.717, 1.165) is 15.5 Å². The summed E-state index contributed by atoms with van der Waals surface area (Å²) in [4.78, 5) is 1.97. The monoisotopic (exact) mass is 251 g/mol. The van der Waals surface area contributed by atoms with Gasteiger partial charge in [0, 0.05) is 15.5 Å². The highest BCUT2D eigenvalue weighted by Gasteiger charge is 2.04. The molecule has 86 valence electrons. The number of rotatable bonds is 2. The molecule has 0 unspecified atom stereocenters. The molecule has 0 bridgehead atoms. The molecule has 0 aliphatic carbocycles. The Morgan fingerprint density at radius 3 is 2.06 bits per heavy atom. The van der Waals surface area contributed by atoms with Gasteiger partial charge in [-0.2, -0.15) is 10.5 Å². The van der Waals surface area contributed by atoms with Crippen LogP contribution in [0.5, 0.6) is 0 Å². The van der Waals surface area contributed by atoms with E-state index in [1.54, 1.807) is 12.1 Å². The molecule has 2 aromatic rings. The molecule has 0 spiro atoms. The lowest BCUT2D eigenvalue weighted by atomic mass is 10.1. The van der Waals surface area contributed by atoms with E-state index in [0.29, 0.717) is 11.1 Å². The third-order valence-corrected chi connectivity index (χ3v) is 3.35. The molecular formula is C14H9N3S. The van der Waals surface area contributed by atoms with Gasteiger partial charge < -0.3 is 5.73 Å². The first kappa shape index (κ1) is 12.0. The molecular weight excluding hydrogens is 242 g/mol. The van der Waals surface area contributed by atoms with Crippen molar-refractivity contribution in [2.24, 2.45) is 0 Å². The van der Waals surface area contributed by atoms with E-state index >= 15 is 0 Å². The van der Waals surface area contributed by atoms with Crippen molar-refractivity contribution in [1.82, 2.24) is 0 Å². The van der Waals surface area contributed by atoms with Crippen LogP contribution in [0.25, 0.3) is 0 Å². The number of hydrogen-bond donors (Lipinski definition) is 1. The van der Waals surface area contributed by atoms with Gasteiger partial charge in [-0.15, -0.1) is 0 Å². The van der Waals surface area contributed by atoms with Crippen molar-refractivity contribution in [2.75, 3.05) is 5.73 Å². The van der Waals surface area contributed by atoms with Crippen molar-refractivity contribution < 1.29 is 0 Å². The SMILES string of the molecule is N#Cc1ccc(Sc2ccc(N)cc2)cc1C#N. The van der Waals surface area contributed by atoms with E-state index in [2.05, 4.69) is 0 Å². The van der Waals surface area contributed by atoms with Gasteiger partial charge in [-0.3, -0.25) is 0 Å². The molecule has 3 nitrogen and oxygen atoms in total. The molecule has 2 N–H and O–H groups in total. The lowest BCUT2D eigenvalue weighted by Gasteiger charge is -2.03. The summed E-state index contributed by atoms with van der Waals surface area (Å²) in [6.07, 6.45) is 0. The number of benzene rings is 2. The van der Waals surface area contributed by atoms with Gasteiger partial charge >= 0.3 is 0 Å². The fourth-order valence-electron chi connectivity index (χ4n) is 1.45. The third-order valence-electron chi connectivity index (χ3n) is 2.35. The molecule has 0 fully saturated rings. The first-order valence-electron chi connectivity index (χ1n) is 5.20. The maximum atomic E-state index is 8.95. The van der Waals surface area contributed by atoms with Crippen LogP contribution in [0.3, 0.4) is 0 Å². The number of nitrogens with zero attached hydrogens (tertiary/aromatic N) is 2. The first-order valence-corrected chi connectivity index (χ1v) is 6.02. The molecule has 0 amide bonds. The standard InChI is InChI=1S/C14H9N3S/c15-8-10-1-4-14(7-11(10)9-16)18-13-5-2-12(17)3-6-13/h1-7H,17H2. The van der Waals surface area contributed by atoms with Crippen LogP contribution >= 0.6 is 11.8 Å². The van der Waals surface area contributed by atoms with E-state index in [1.165, 1.54) is 11.8 Å². The Kier molecular flexibility index (Phi) is 3.52. The average Bonchev–Trinajstić information content (AvgIpc) is 2.41. The van der Waals surface area contributed by atoms with Crippen LogP contribution in [-0.4, -0.2) is 0 Å². The predicted molar refractivity (Wildman–Crippen MR) is 70.8 cm³/mol. The Balaban J connectivity index is 2.28. The van der Waals surface area contributed by atoms with Crippen LogP contribution in [0, 0.1) is 22.7 Å². The normalized spacial score (nSPS) is 9.44. The molecule has 0 atom stereocenters. The predicted octanol–water partition coefficient (Wildman–Crippen LogP) is 3.16. The van der Waals surface area contributed by atoms with E-state index in [4.69, 9.17) is 16.3 Å². The van der Waals surface area contributed by atoms with Crippen LogP contribution < -0.4 is 5.73 Å². The van der Waals surface area contributed by atoms with Crippen LogP contribution in [0.1, 0.15) is 11.1 Å². The van der Waals surface area contributed by atoms with Gasteiger partial charge in [-0.25, -0.2) is 0 Å². The summed E-state index contributed by atoms with van der Waals surface area (Å²) < 4.78 is 0. The highest BCUT2D eigenvalue weighted by molar-refractivity contribution is 7.99. The summed E-state index contributed by atoms with van der Waals surface area (Å²) in [6, 6.07) is 16.7. The second-order valence-corrected chi connectivity index (χ2v) is 4.75. The summed E-state index contributed by atoms with van der Waals surface area (Å²) >= 11 is 1.53. The topological polar surface area (TPSA) is 73.6 Å². The Morgan fingerprint density at radius 2 is 1.44 bits per heavy atom. The lowest BCUT2D eigenvalue weighted by molar-refractivity contribution is 1.35. The average molecular weight is 251 g/mol. The molecule has 2 aromatic carbocycles. The number of nitrogens with two attached hydrogens (primary N) is 1. The smallest absolute Gasteiger partial charge is 0.101 e. The summed E-state index contributed by atoms with van der Waals surface area (Å²) in [5, 5.41) is 17.8. The minimum absolute atomic E-state index is 0.401. The Bertz CT molecular complexity index is 648. The zero-order valence-corrected chi connectivity index (χ0v) is 10.2. The first-order chi connectivity index (χ1) is 8.72. The zero-order valence-electron chi connectivity index (χ0n) is 9.42. The van der Waals surface area contributed by atoms with Crippen molar-refractivity contribution in [3.8, 4) is 12.1 Å². The minimum Gasteiger partial charge on any atom is -0.399 e. The fourth-order valence-corrected chi connectivity index (χ4v) is 2.31. The molecule has 0 aromatic heterocycles. The highest BCUT2D eigenvalue weighted by atomic mass is 32.2. The Hall–Kier alpha value is -2.43. The summed E-state index contributed by atoms with van der Waals surface area (Å²) in [5.41, 5.74) is 7.14. The largest absolute Gasteiger partial charge is 0.399 e. The summed E-state index contributed by atoms with van der Waals surface area (Å²) in [6.45, 7) is 0. The van der Waals surface area contributed by atoms with Crippen LogP contribution in [0.4, 0.5) is 5.69 Å². The molecule has 18 heavy (non-hydrogen) atoms. The maximum Gasteiger partial charge on any atom is 0.101 e. The van der Waals surface area contributed by atoms with Gasteiger partial charge in [0.05, 0.1) is 11.1 Å². The molecule has 4 heteroatoms. The third kappa shape index (κ3) is 2.63. The molecule has 2 rings (SSSR count). The zero-order chi connectivity index (χ0) is 13.0. The molecule has 0 heterocycles. The summed E-state index contributed by atoms with van der Waals surface area (Å²) in [5.74, 6) is 0. The number of nitrogen functional groups attached to an aromatic ring is 1. The van der Waals surface area contributed by atoms with E-state index < -0.39 is 0 Å². The molecule has 0 saturated heterocycles. The van der Waals surface area contributed by atoms with Crippen molar-refractivity contribution >= 4 is 17.4 Å². The van der Waals surface area contributed by atoms with Gasteiger partial charge in [-0.1, -0.05) is 11.8 Å². The van der Waals surface area contributed by atoms with Gasteiger partial charge in [-0.05, 0) is 42.5 Å². The van der Waals surface area contributed by atoms with Crippen molar-refractivity contribution in [2.45, 2.75) is 9.79 Å².